The fraction of sp³-hybridized carbons (Fsp3) is 0.559. The third-order valence-corrected chi connectivity index (χ3v) is 17.4. The van der Waals surface area contributed by atoms with Gasteiger partial charge in [0.2, 0.25) is 47.3 Å². The van der Waals surface area contributed by atoms with Gasteiger partial charge in [0.25, 0.3) is 0 Å². The number of anilines is 1. The predicted octanol–water partition coefficient (Wildman–Crippen LogP) is -6.77. The number of fused-ring (bicyclic) bond motifs is 1. The summed E-state index contributed by atoms with van der Waals surface area (Å²) in [5, 5.41) is 118. The lowest BCUT2D eigenvalue weighted by Crippen LogP contribution is -2.58. The van der Waals surface area contributed by atoms with Crippen LogP contribution in [0.1, 0.15) is 69.1 Å². The lowest BCUT2D eigenvalue weighted by Gasteiger charge is -2.33. The fourth-order valence-corrected chi connectivity index (χ4v) is 11.9. The van der Waals surface area contributed by atoms with Crippen molar-refractivity contribution in [2.45, 2.75) is 95.7 Å². The Balaban J connectivity index is 1.96. The Bertz CT molecular complexity index is 3440. The van der Waals surface area contributed by atoms with Crippen LogP contribution >= 0.6 is 0 Å². The maximum atomic E-state index is 14.3. The lowest BCUT2D eigenvalue weighted by molar-refractivity contribution is -0.147. The number of para-hydroxylation sites is 1. The predicted molar refractivity (Wildman–Crippen MR) is 387 cm³/mol. The van der Waals surface area contributed by atoms with E-state index in [0.717, 1.165) is 30.9 Å². The molecule has 2 aromatic rings. The third kappa shape index (κ3) is 37.7. The zero-order chi connectivity index (χ0) is 83.9. The molecule has 620 valence electrons. The van der Waals surface area contributed by atoms with Gasteiger partial charge in [-0.2, -0.15) is 0 Å². The van der Waals surface area contributed by atoms with Gasteiger partial charge in [0.15, 0.2) is 0 Å². The zero-order valence-electron chi connectivity index (χ0n) is 62.0. The average molecular weight is 1590 g/mol. The molecule has 20 N–H and O–H groups in total. The topological polar surface area (TPSA) is 655 Å². The summed E-state index contributed by atoms with van der Waals surface area (Å²) in [6.45, 7) is -10.7. The van der Waals surface area contributed by atoms with Gasteiger partial charge in [-0.1, -0.05) is 62.7 Å². The second-order valence-corrected chi connectivity index (χ2v) is 26.4. The molecule has 0 aromatic heterocycles. The Labute approximate surface area is 641 Å². The third-order valence-electron chi connectivity index (χ3n) is 17.4. The number of carboxylic acid groups (broad SMARTS) is 10. The number of carbonyl (C=O) groups is 18. The van der Waals surface area contributed by atoms with E-state index in [2.05, 4.69) is 42.5 Å². The van der Waals surface area contributed by atoms with E-state index < -0.39 is 281 Å². The van der Waals surface area contributed by atoms with Gasteiger partial charge < -0.3 is 99.3 Å². The van der Waals surface area contributed by atoms with E-state index in [1.165, 1.54) is 11.8 Å². The van der Waals surface area contributed by atoms with Crippen LogP contribution in [0.25, 0.3) is 0 Å². The molecule has 2 aromatic carbocycles. The van der Waals surface area contributed by atoms with E-state index in [0.29, 0.717) is 33.9 Å². The molecule has 1 heterocycles. The van der Waals surface area contributed by atoms with Gasteiger partial charge in [0.05, 0.1) is 72.0 Å². The van der Waals surface area contributed by atoms with Crippen molar-refractivity contribution >= 4 is 113 Å². The molecular weight excluding hydrogens is 1490 g/mol. The summed E-state index contributed by atoms with van der Waals surface area (Å²) in [4.78, 5) is 234. The summed E-state index contributed by atoms with van der Waals surface area (Å²) in [7, 11) is 0. The quantitative estimate of drug-likeness (QED) is 0.0293. The van der Waals surface area contributed by atoms with E-state index in [4.69, 9.17) is 5.73 Å². The highest BCUT2D eigenvalue weighted by molar-refractivity contribution is 5.95. The summed E-state index contributed by atoms with van der Waals surface area (Å²) in [5.74, 6) is -22.7. The van der Waals surface area contributed by atoms with Gasteiger partial charge in [0.1, 0.15) is 30.2 Å². The van der Waals surface area contributed by atoms with Crippen LogP contribution in [0.2, 0.25) is 0 Å². The van der Waals surface area contributed by atoms with Crippen molar-refractivity contribution < 1.29 is 137 Å². The standard InChI is InChI=1S/C68H100N16O28/c1-4-40(2)63(77-65(109)48(75-41(3)85)23-44-26-72-46-8-6-5-7-45(44)46)68(112)76-47(13-14-51(69)86)64(108)74-25-43-11-9-42(10-12-43)24-73-52(87)29-78(17-15-70-66(110)49(83(36-59(100)101)37-60(102)103)27-79(30-53(88)89)19-21-81(32-55(92)93)33-56(94)95)18-16-71-67(111)50(84(38-61(104)105)39-62(106)107)28-80(31-54(90)91)20-22-82(34-57(96)97)35-58(98)99/h5-12,40,44,47-50,63,72H,4,13-39H2,1-3H3,(H2,69,86)(H,70,110)(H,71,111)(H,73,87)(H,74,108)(H,75,85)(H,76,112)(H,77,109)(H,88,89)(H,90,91)(H,92,93)(H,94,95)(H,96,97)(H,98,99)(H,100,101)(H,102,103)(H,104,105)(H,106,107)/t40?,44?,47-,48-,49+,50+,63-/m0/s1. The number of nitrogens with one attached hydrogen (secondary N) is 8. The molecular formula is C68H100N16O28. The van der Waals surface area contributed by atoms with Gasteiger partial charge in [-0.3, -0.25) is 121 Å². The van der Waals surface area contributed by atoms with Crippen LogP contribution in [0.4, 0.5) is 5.69 Å². The fourth-order valence-electron chi connectivity index (χ4n) is 11.9. The number of nitrogens with zero attached hydrogens (tertiary/aromatic N) is 7. The number of benzene rings is 2. The second kappa shape index (κ2) is 48.8. The van der Waals surface area contributed by atoms with Crippen molar-refractivity contribution in [3.8, 4) is 0 Å². The van der Waals surface area contributed by atoms with Crippen LogP contribution in [0.5, 0.6) is 0 Å². The highest BCUT2D eigenvalue weighted by Crippen LogP contribution is 2.34. The van der Waals surface area contributed by atoms with Crippen LogP contribution in [-0.4, -0.2) is 367 Å². The van der Waals surface area contributed by atoms with Crippen molar-refractivity contribution in [1.29, 1.82) is 0 Å². The second-order valence-electron chi connectivity index (χ2n) is 26.4. The van der Waals surface area contributed by atoms with Crippen LogP contribution < -0.4 is 48.3 Å². The first-order valence-corrected chi connectivity index (χ1v) is 35.2. The largest absolute Gasteiger partial charge is 0.480 e. The SMILES string of the molecule is CCC(C)[C@H](NC(=O)[C@H](CC1CNc2ccccc21)NC(C)=O)C(=O)N[C@@H](CCC(N)=O)C(=O)NCc1ccc(CNC(=O)CN(CCNC(=O)[C@@H](CN(CCN(CC(=O)O)CC(=O)O)CC(=O)O)N(CC(=O)O)CC(=O)O)CCNC(=O)[C@@H](CN(CCN(CC(=O)O)CC(=O)O)CC(=O)O)N(CC(=O)O)CC(=O)O)cc1. The molecule has 0 spiro atoms. The molecule has 0 aliphatic carbocycles. The normalized spacial score (nSPS) is 14.0. The molecule has 0 bridgehead atoms. The smallest absolute Gasteiger partial charge is 0.317 e. The first-order valence-electron chi connectivity index (χ1n) is 35.2. The molecule has 0 saturated carbocycles. The van der Waals surface area contributed by atoms with E-state index in [1.54, 1.807) is 38.1 Å². The van der Waals surface area contributed by atoms with Gasteiger partial charge >= 0.3 is 59.7 Å². The molecule has 8 amide bonds. The molecule has 0 radical (unpaired) electrons. The summed E-state index contributed by atoms with van der Waals surface area (Å²) >= 11 is 0. The van der Waals surface area contributed by atoms with E-state index in [1.807, 2.05) is 24.3 Å². The Morgan fingerprint density at radius 1 is 0.446 bits per heavy atom. The molecule has 7 atom stereocenters. The van der Waals surface area contributed by atoms with Gasteiger partial charge in [0, 0.05) is 110 Å². The van der Waals surface area contributed by atoms with E-state index >= 15 is 0 Å². The summed E-state index contributed by atoms with van der Waals surface area (Å²) < 4.78 is 0. The van der Waals surface area contributed by atoms with Crippen LogP contribution in [0, 0.1) is 5.92 Å². The van der Waals surface area contributed by atoms with Crippen LogP contribution in [-0.2, 0) is 99.4 Å². The molecule has 0 saturated heterocycles. The molecule has 3 rings (SSSR count). The molecule has 2 unspecified atom stereocenters. The lowest BCUT2D eigenvalue weighted by atomic mass is 9.92. The minimum atomic E-state index is -1.84. The number of primary amides is 1. The molecule has 1 aliphatic rings. The van der Waals surface area contributed by atoms with Gasteiger partial charge in [-0.25, -0.2) is 0 Å². The highest BCUT2D eigenvalue weighted by atomic mass is 16.4. The first-order chi connectivity index (χ1) is 52.7. The van der Waals surface area contributed by atoms with Gasteiger partial charge in [-0.05, 0) is 41.5 Å². The van der Waals surface area contributed by atoms with Crippen molar-refractivity contribution in [2.24, 2.45) is 11.7 Å². The molecule has 1 aliphatic heterocycles. The minimum absolute atomic E-state index is 0.152. The number of aliphatic carboxylic acids is 10. The molecule has 44 nitrogen and oxygen atoms in total. The van der Waals surface area contributed by atoms with Crippen LogP contribution in [0.15, 0.2) is 48.5 Å². The van der Waals surface area contributed by atoms with E-state index in [9.17, 15) is 137 Å². The zero-order valence-corrected chi connectivity index (χ0v) is 62.0. The van der Waals surface area contributed by atoms with Crippen molar-refractivity contribution in [2.75, 3.05) is 149 Å². The Morgan fingerprint density at radius 2 is 0.848 bits per heavy atom. The Hall–Kier alpha value is -11.6. The summed E-state index contributed by atoms with van der Waals surface area (Å²) in [5.41, 5.74) is 8.24. The number of amides is 8. The molecule has 0 fully saturated rings. The van der Waals surface area contributed by atoms with Crippen LogP contribution in [0.3, 0.4) is 0 Å². The number of carbonyl (C=O) groups excluding carboxylic acids is 8. The number of rotatable bonds is 59. The highest BCUT2D eigenvalue weighted by Gasteiger charge is 2.37. The maximum absolute atomic E-state index is 14.3. The number of nitrogens with two attached hydrogens (primary N) is 1. The first kappa shape index (κ1) is 94.6. The minimum Gasteiger partial charge on any atom is -0.480 e. The average Bonchev–Trinajstić information content (AvgIpc) is 1.65. The molecule has 112 heavy (non-hydrogen) atoms. The number of hydrogen-bond donors (Lipinski definition) is 19. The maximum Gasteiger partial charge on any atom is 0.317 e. The summed E-state index contributed by atoms with van der Waals surface area (Å²) in [6.07, 6.45) is -0.00782. The van der Waals surface area contributed by atoms with Crippen molar-refractivity contribution in [1.82, 2.24) is 71.5 Å². The number of carboxylic acids is 10. The van der Waals surface area contributed by atoms with E-state index in [-0.39, 0.29) is 38.3 Å². The molecule has 44 heteroatoms. The van der Waals surface area contributed by atoms with Crippen molar-refractivity contribution in [3.63, 3.8) is 0 Å². The van der Waals surface area contributed by atoms with Crippen molar-refractivity contribution in [3.05, 3.63) is 65.2 Å². The Kier molecular flexibility index (Phi) is 41.3. The Morgan fingerprint density at radius 3 is 1.25 bits per heavy atom. The van der Waals surface area contributed by atoms with Gasteiger partial charge in [-0.15, -0.1) is 0 Å². The monoisotopic (exact) mass is 1590 g/mol. The number of hydrogen-bond acceptors (Lipinski definition) is 26. The summed E-state index contributed by atoms with van der Waals surface area (Å²) in [6, 6.07) is 6.47.